The number of hydrogen-bond donors (Lipinski definition) is 1. The fourth-order valence-corrected chi connectivity index (χ4v) is 3.27. The van der Waals surface area contributed by atoms with Gasteiger partial charge in [-0.1, -0.05) is 11.6 Å². The third kappa shape index (κ3) is 3.55. The summed E-state index contributed by atoms with van der Waals surface area (Å²) in [7, 11) is 0. The zero-order valence-corrected chi connectivity index (χ0v) is 15.0. The van der Waals surface area contributed by atoms with Crippen molar-refractivity contribution in [3.8, 4) is 11.5 Å². The minimum atomic E-state index is -0.616. The van der Waals surface area contributed by atoms with Gasteiger partial charge in [-0.3, -0.25) is 9.59 Å². The molecule has 4 rings (SSSR count). The Morgan fingerprint density at radius 2 is 1.93 bits per heavy atom. The molecule has 2 amide bonds. The molecule has 1 fully saturated rings. The lowest BCUT2D eigenvalue weighted by Crippen LogP contribution is -2.28. The van der Waals surface area contributed by atoms with Gasteiger partial charge in [0.2, 0.25) is 11.8 Å². The summed E-state index contributed by atoms with van der Waals surface area (Å²) in [6.45, 7) is 1.18. The molecule has 2 aromatic carbocycles. The van der Waals surface area contributed by atoms with E-state index in [1.165, 1.54) is 12.1 Å². The van der Waals surface area contributed by atoms with Crippen molar-refractivity contribution in [2.75, 3.05) is 30.0 Å². The molecule has 2 aliphatic rings. The highest BCUT2D eigenvalue weighted by atomic mass is 35.5. The Hall–Kier alpha value is -2.80. The number of nitrogens with one attached hydrogen (secondary N) is 1. The maximum atomic E-state index is 13.5. The number of amides is 2. The molecule has 0 aliphatic carbocycles. The SMILES string of the molecule is O=C(Nc1ccc(Cl)c(F)c1)C1CC(=O)N(c2ccc3c(c2)OCCO3)C1. The minimum Gasteiger partial charge on any atom is -0.486 e. The van der Waals surface area contributed by atoms with E-state index in [1.807, 2.05) is 0 Å². The van der Waals surface area contributed by atoms with Crippen molar-refractivity contribution < 1.29 is 23.5 Å². The summed E-state index contributed by atoms with van der Waals surface area (Å²) < 4.78 is 24.5. The van der Waals surface area contributed by atoms with Gasteiger partial charge in [0.05, 0.1) is 10.9 Å². The fourth-order valence-electron chi connectivity index (χ4n) is 3.15. The molecule has 0 radical (unpaired) electrons. The number of anilines is 2. The summed E-state index contributed by atoms with van der Waals surface area (Å²) in [4.78, 5) is 26.4. The Balaban J connectivity index is 1.47. The van der Waals surface area contributed by atoms with Gasteiger partial charge < -0.3 is 19.7 Å². The average Bonchev–Trinajstić information content (AvgIpc) is 3.06. The van der Waals surface area contributed by atoms with E-state index in [4.69, 9.17) is 21.1 Å². The largest absolute Gasteiger partial charge is 0.486 e. The van der Waals surface area contributed by atoms with Crippen LogP contribution in [-0.4, -0.2) is 31.6 Å². The topological polar surface area (TPSA) is 67.9 Å². The Bertz CT molecular complexity index is 921. The molecular formula is C19H16ClFN2O4. The first-order chi connectivity index (χ1) is 13.0. The van der Waals surface area contributed by atoms with Crippen LogP contribution in [0.5, 0.6) is 11.5 Å². The first-order valence-electron chi connectivity index (χ1n) is 8.47. The molecule has 1 N–H and O–H groups in total. The van der Waals surface area contributed by atoms with Gasteiger partial charge in [-0.25, -0.2) is 4.39 Å². The fraction of sp³-hybridized carbons (Fsp3) is 0.263. The van der Waals surface area contributed by atoms with Crippen LogP contribution in [0.2, 0.25) is 5.02 Å². The van der Waals surface area contributed by atoms with E-state index in [0.717, 1.165) is 6.07 Å². The van der Waals surface area contributed by atoms with Gasteiger partial charge in [-0.2, -0.15) is 0 Å². The summed E-state index contributed by atoms with van der Waals surface area (Å²) in [6, 6.07) is 9.28. The van der Waals surface area contributed by atoms with Crippen LogP contribution in [0.1, 0.15) is 6.42 Å². The zero-order chi connectivity index (χ0) is 19.0. The molecule has 0 saturated carbocycles. The predicted molar refractivity (Wildman–Crippen MR) is 97.9 cm³/mol. The summed E-state index contributed by atoms with van der Waals surface area (Å²) in [5.41, 5.74) is 0.948. The molecule has 2 heterocycles. The number of ether oxygens (including phenoxy) is 2. The van der Waals surface area contributed by atoms with Crippen LogP contribution in [0, 0.1) is 11.7 Å². The summed E-state index contributed by atoms with van der Waals surface area (Å²) in [5.74, 6) is -0.440. The van der Waals surface area contributed by atoms with Gasteiger partial charge in [0.25, 0.3) is 0 Å². The Morgan fingerprint density at radius 3 is 2.70 bits per heavy atom. The lowest BCUT2D eigenvalue weighted by molar-refractivity contribution is -0.122. The highest BCUT2D eigenvalue weighted by Gasteiger charge is 2.35. The van der Waals surface area contributed by atoms with E-state index in [9.17, 15) is 14.0 Å². The van der Waals surface area contributed by atoms with Crippen LogP contribution in [0.15, 0.2) is 36.4 Å². The van der Waals surface area contributed by atoms with Gasteiger partial charge in [0.15, 0.2) is 11.5 Å². The summed E-state index contributed by atoms with van der Waals surface area (Å²) in [5, 5.41) is 2.61. The van der Waals surface area contributed by atoms with Crippen molar-refractivity contribution in [2.24, 2.45) is 5.92 Å². The normalized spacial score (nSPS) is 18.5. The molecule has 140 valence electrons. The molecular weight excluding hydrogens is 375 g/mol. The predicted octanol–water partition coefficient (Wildman–Crippen LogP) is 3.24. The number of carbonyl (C=O) groups excluding carboxylic acids is 2. The molecule has 2 aromatic rings. The monoisotopic (exact) mass is 390 g/mol. The molecule has 0 spiro atoms. The lowest BCUT2D eigenvalue weighted by atomic mass is 10.1. The Morgan fingerprint density at radius 1 is 1.15 bits per heavy atom. The number of hydrogen-bond acceptors (Lipinski definition) is 4. The Kier molecular flexibility index (Phi) is 4.61. The minimum absolute atomic E-state index is 0.0196. The number of carbonyl (C=O) groups is 2. The summed E-state index contributed by atoms with van der Waals surface area (Å²) in [6.07, 6.45) is 0.0797. The zero-order valence-electron chi connectivity index (χ0n) is 14.2. The van der Waals surface area contributed by atoms with Crippen molar-refractivity contribution in [1.82, 2.24) is 0 Å². The molecule has 8 heteroatoms. The number of fused-ring (bicyclic) bond motifs is 1. The van der Waals surface area contributed by atoms with E-state index in [-0.39, 0.29) is 29.8 Å². The second-order valence-electron chi connectivity index (χ2n) is 6.35. The number of rotatable bonds is 3. The number of halogens is 2. The van der Waals surface area contributed by atoms with E-state index < -0.39 is 11.7 Å². The third-order valence-electron chi connectivity index (χ3n) is 4.52. The van der Waals surface area contributed by atoms with E-state index in [1.54, 1.807) is 23.1 Å². The van der Waals surface area contributed by atoms with Gasteiger partial charge in [0, 0.05) is 30.4 Å². The van der Waals surface area contributed by atoms with Gasteiger partial charge in [-0.05, 0) is 30.3 Å². The van der Waals surface area contributed by atoms with Gasteiger partial charge in [0.1, 0.15) is 19.0 Å². The standard InChI is InChI=1S/C19H16ClFN2O4/c20-14-3-1-12(8-15(14)21)22-19(25)11-7-18(24)23(10-11)13-2-4-16-17(9-13)27-6-5-26-16/h1-4,8-9,11H,5-7,10H2,(H,22,25). The highest BCUT2D eigenvalue weighted by molar-refractivity contribution is 6.30. The first-order valence-corrected chi connectivity index (χ1v) is 8.85. The third-order valence-corrected chi connectivity index (χ3v) is 4.83. The molecule has 2 aliphatic heterocycles. The molecule has 0 aromatic heterocycles. The van der Waals surface area contributed by atoms with Crippen LogP contribution in [-0.2, 0) is 9.59 Å². The van der Waals surface area contributed by atoms with Crippen molar-refractivity contribution in [1.29, 1.82) is 0 Å². The van der Waals surface area contributed by atoms with Crippen LogP contribution < -0.4 is 19.7 Å². The second kappa shape index (κ2) is 7.08. The first kappa shape index (κ1) is 17.6. The summed E-state index contributed by atoms with van der Waals surface area (Å²) >= 11 is 5.64. The number of nitrogens with zero attached hydrogens (tertiary/aromatic N) is 1. The second-order valence-corrected chi connectivity index (χ2v) is 6.76. The van der Waals surface area contributed by atoms with Crippen LogP contribution in [0.25, 0.3) is 0 Å². The van der Waals surface area contributed by atoms with Crippen LogP contribution in [0.4, 0.5) is 15.8 Å². The number of benzene rings is 2. The smallest absolute Gasteiger partial charge is 0.229 e. The lowest BCUT2D eigenvalue weighted by Gasteiger charge is -2.22. The maximum absolute atomic E-state index is 13.5. The molecule has 0 bridgehead atoms. The van der Waals surface area contributed by atoms with Gasteiger partial charge >= 0.3 is 0 Å². The van der Waals surface area contributed by atoms with Crippen molar-refractivity contribution in [3.63, 3.8) is 0 Å². The van der Waals surface area contributed by atoms with Crippen molar-refractivity contribution >= 4 is 34.8 Å². The van der Waals surface area contributed by atoms with Gasteiger partial charge in [-0.15, -0.1) is 0 Å². The van der Waals surface area contributed by atoms with E-state index in [2.05, 4.69) is 5.32 Å². The quantitative estimate of drug-likeness (QED) is 0.873. The van der Waals surface area contributed by atoms with E-state index >= 15 is 0 Å². The van der Waals surface area contributed by atoms with Crippen LogP contribution >= 0.6 is 11.6 Å². The maximum Gasteiger partial charge on any atom is 0.229 e. The molecule has 1 unspecified atom stereocenters. The van der Waals surface area contributed by atoms with Crippen molar-refractivity contribution in [3.05, 3.63) is 47.2 Å². The molecule has 1 atom stereocenters. The van der Waals surface area contributed by atoms with Crippen molar-refractivity contribution in [2.45, 2.75) is 6.42 Å². The molecule has 1 saturated heterocycles. The van der Waals surface area contributed by atoms with E-state index in [0.29, 0.717) is 36.1 Å². The average molecular weight is 391 g/mol. The van der Waals surface area contributed by atoms with Crippen LogP contribution in [0.3, 0.4) is 0 Å². The highest BCUT2D eigenvalue weighted by Crippen LogP contribution is 2.36. The molecule has 27 heavy (non-hydrogen) atoms. The Labute approximate surface area is 159 Å². The molecule has 6 nitrogen and oxygen atoms in total.